The molecule has 0 unspecified atom stereocenters. The Labute approximate surface area is 134 Å². The van der Waals surface area contributed by atoms with E-state index in [4.69, 9.17) is 4.74 Å². The molecule has 3 rings (SSSR count). The van der Waals surface area contributed by atoms with Gasteiger partial charge in [0.15, 0.2) is 5.69 Å². The van der Waals surface area contributed by atoms with Gasteiger partial charge in [-0.15, -0.1) is 5.10 Å². The molecular weight excluding hydrogens is 288 g/mol. The molecule has 5 heteroatoms. The Morgan fingerprint density at radius 3 is 2.52 bits per heavy atom. The second-order valence-electron chi connectivity index (χ2n) is 4.76. The third-order valence-corrected chi connectivity index (χ3v) is 3.36. The molecule has 1 heterocycles. The van der Waals surface area contributed by atoms with Crippen LogP contribution in [-0.2, 0) is 0 Å². The van der Waals surface area contributed by atoms with Crippen LogP contribution in [0.2, 0.25) is 0 Å². The number of aromatic nitrogens is 3. The van der Waals surface area contributed by atoms with Crippen molar-refractivity contribution in [2.75, 3.05) is 7.11 Å². The highest BCUT2D eigenvalue weighted by molar-refractivity contribution is 5.71. The minimum atomic E-state index is 0.267. The zero-order valence-corrected chi connectivity index (χ0v) is 12.5. The number of nitrogens with zero attached hydrogens (tertiary/aromatic N) is 4. The van der Waals surface area contributed by atoms with Crippen molar-refractivity contribution in [2.24, 2.45) is 0 Å². The number of para-hydroxylation sites is 2. The molecule has 0 amide bonds. The average molecular weight is 302 g/mol. The van der Waals surface area contributed by atoms with Crippen LogP contribution in [0, 0.1) is 11.3 Å². The SMILES string of the molecule is COc1ccccc1-n1nnc(C#N)c1/C=C/c1ccccc1. The molecule has 3 aromatic rings. The minimum absolute atomic E-state index is 0.267. The molecule has 0 fully saturated rings. The Morgan fingerprint density at radius 1 is 1.04 bits per heavy atom. The van der Waals surface area contributed by atoms with Gasteiger partial charge in [0.25, 0.3) is 0 Å². The lowest BCUT2D eigenvalue weighted by molar-refractivity contribution is 0.411. The number of benzene rings is 2. The van der Waals surface area contributed by atoms with Gasteiger partial charge in [-0.2, -0.15) is 5.26 Å². The molecular formula is C18H14N4O. The molecule has 0 aliphatic rings. The van der Waals surface area contributed by atoms with Gasteiger partial charge < -0.3 is 4.74 Å². The van der Waals surface area contributed by atoms with Gasteiger partial charge in [0.05, 0.1) is 7.11 Å². The monoisotopic (exact) mass is 302 g/mol. The van der Waals surface area contributed by atoms with Gasteiger partial charge in [-0.1, -0.05) is 53.8 Å². The third kappa shape index (κ3) is 2.97. The molecule has 0 N–H and O–H groups in total. The first kappa shape index (κ1) is 14.5. The third-order valence-electron chi connectivity index (χ3n) is 3.36. The van der Waals surface area contributed by atoms with Crippen LogP contribution < -0.4 is 4.74 Å². The van der Waals surface area contributed by atoms with E-state index in [0.717, 1.165) is 11.3 Å². The summed E-state index contributed by atoms with van der Waals surface area (Å²) in [4.78, 5) is 0. The summed E-state index contributed by atoms with van der Waals surface area (Å²) in [5.74, 6) is 0.663. The predicted octanol–water partition coefficient (Wildman–Crippen LogP) is 3.32. The second-order valence-corrected chi connectivity index (χ2v) is 4.76. The number of nitriles is 1. The first-order valence-electron chi connectivity index (χ1n) is 7.06. The smallest absolute Gasteiger partial charge is 0.190 e. The fourth-order valence-electron chi connectivity index (χ4n) is 2.24. The van der Waals surface area contributed by atoms with Crippen molar-refractivity contribution in [1.29, 1.82) is 5.26 Å². The summed E-state index contributed by atoms with van der Waals surface area (Å²) in [6.07, 6.45) is 3.76. The van der Waals surface area contributed by atoms with E-state index in [9.17, 15) is 5.26 Å². The molecule has 5 nitrogen and oxygen atoms in total. The number of ether oxygens (including phenoxy) is 1. The first-order chi connectivity index (χ1) is 11.3. The van der Waals surface area contributed by atoms with E-state index in [0.29, 0.717) is 11.4 Å². The van der Waals surface area contributed by atoms with E-state index in [1.807, 2.05) is 66.7 Å². The largest absolute Gasteiger partial charge is 0.494 e. The summed E-state index contributed by atoms with van der Waals surface area (Å²) in [6.45, 7) is 0. The Kier molecular flexibility index (Phi) is 4.16. The topological polar surface area (TPSA) is 63.7 Å². The summed E-state index contributed by atoms with van der Waals surface area (Å²) in [7, 11) is 1.60. The lowest BCUT2D eigenvalue weighted by Crippen LogP contribution is -2.02. The molecule has 23 heavy (non-hydrogen) atoms. The summed E-state index contributed by atoms with van der Waals surface area (Å²) in [5, 5.41) is 17.3. The van der Waals surface area contributed by atoms with Crippen LogP contribution in [0.25, 0.3) is 17.8 Å². The highest BCUT2D eigenvalue weighted by Crippen LogP contribution is 2.24. The molecule has 0 spiro atoms. The fourth-order valence-corrected chi connectivity index (χ4v) is 2.24. The van der Waals surface area contributed by atoms with Crippen molar-refractivity contribution in [2.45, 2.75) is 0 Å². The average Bonchev–Trinajstić information content (AvgIpc) is 3.03. The molecule has 0 atom stereocenters. The van der Waals surface area contributed by atoms with Gasteiger partial charge in [-0.05, 0) is 23.8 Å². The maximum Gasteiger partial charge on any atom is 0.190 e. The summed E-state index contributed by atoms with van der Waals surface area (Å²) in [5.41, 5.74) is 2.64. The van der Waals surface area contributed by atoms with Crippen LogP contribution in [0.4, 0.5) is 0 Å². The van der Waals surface area contributed by atoms with Gasteiger partial charge in [0, 0.05) is 0 Å². The minimum Gasteiger partial charge on any atom is -0.494 e. The van der Waals surface area contributed by atoms with Crippen molar-refractivity contribution in [3.8, 4) is 17.5 Å². The van der Waals surface area contributed by atoms with Gasteiger partial charge in [0.2, 0.25) is 0 Å². The number of methoxy groups -OCH3 is 1. The van der Waals surface area contributed by atoms with Crippen LogP contribution in [0.1, 0.15) is 17.0 Å². The maximum absolute atomic E-state index is 9.27. The van der Waals surface area contributed by atoms with Crippen molar-refractivity contribution in [3.05, 3.63) is 71.5 Å². The van der Waals surface area contributed by atoms with E-state index < -0.39 is 0 Å². The quantitative estimate of drug-likeness (QED) is 0.741. The Balaban J connectivity index is 2.08. The molecule has 0 aliphatic carbocycles. The van der Waals surface area contributed by atoms with Crippen LogP contribution >= 0.6 is 0 Å². The summed E-state index contributed by atoms with van der Waals surface area (Å²) in [6, 6.07) is 19.4. The Morgan fingerprint density at radius 2 is 1.78 bits per heavy atom. The lowest BCUT2D eigenvalue weighted by Gasteiger charge is -2.08. The van der Waals surface area contributed by atoms with Crippen molar-refractivity contribution in [3.63, 3.8) is 0 Å². The van der Waals surface area contributed by atoms with E-state index in [1.54, 1.807) is 11.8 Å². The van der Waals surface area contributed by atoms with Gasteiger partial charge >= 0.3 is 0 Å². The Bertz CT molecular complexity index is 876. The maximum atomic E-state index is 9.27. The van der Waals surface area contributed by atoms with Crippen molar-refractivity contribution >= 4 is 12.2 Å². The van der Waals surface area contributed by atoms with Crippen LogP contribution in [0.15, 0.2) is 54.6 Å². The lowest BCUT2D eigenvalue weighted by atomic mass is 10.2. The number of hydrogen-bond acceptors (Lipinski definition) is 4. The normalized spacial score (nSPS) is 10.6. The van der Waals surface area contributed by atoms with Crippen LogP contribution in [0.3, 0.4) is 0 Å². The number of hydrogen-bond donors (Lipinski definition) is 0. The molecule has 1 aromatic heterocycles. The molecule has 0 saturated heterocycles. The molecule has 0 bridgehead atoms. The van der Waals surface area contributed by atoms with E-state index in [-0.39, 0.29) is 5.69 Å². The van der Waals surface area contributed by atoms with Gasteiger partial charge in [-0.3, -0.25) is 0 Å². The van der Waals surface area contributed by atoms with E-state index in [1.165, 1.54) is 0 Å². The Hall–Kier alpha value is -3.39. The molecule has 0 aliphatic heterocycles. The van der Waals surface area contributed by atoms with E-state index in [2.05, 4.69) is 16.4 Å². The highest BCUT2D eigenvalue weighted by Gasteiger charge is 2.14. The van der Waals surface area contributed by atoms with Crippen LogP contribution in [-0.4, -0.2) is 22.1 Å². The first-order valence-corrected chi connectivity index (χ1v) is 7.06. The second kappa shape index (κ2) is 6.58. The van der Waals surface area contributed by atoms with Gasteiger partial charge in [-0.25, -0.2) is 4.68 Å². The molecule has 0 radical (unpaired) electrons. The zero-order chi connectivity index (χ0) is 16.1. The van der Waals surface area contributed by atoms with Gasteiger partial charge in [0.1, 0.15) is 23.2 Å². The van der Waals surface area contributed by atoms with Crippen molar-refractivity contribution < 1.29 is 4.74 Å². The molecule has 0 saturated carbocycles. The standard InChI is InChI=1S/C18H14N4O/c1-23-18-10-6-5-9-17(18)22-16(15(13-19)20-21-22)12-11-14-7-3-2-4-8-14/h2-12H,1H3/b12-11+. The predicted molar refractivity (Wildman–Crippen MR) is 88.0 cm³/mol. The number of rotatable bonds is 4. The van der Waals surface area contributed by atoms with Crippen molar-refractivity contribution in [1.82, 2.24) is 15.0 Å². The van der Waals surface area contributed by atoms with E-state index >= 15 is 0 Å². The van der Waals surface area contributed by atoms with Crippen LogP contribution in [0.5, 0.6) is 5.75 Å². The molecule has 112 valence electrons. The summed E-state index contributed by atoms with van der Waals surface area (Å²) >= 11 is 0. The highest BCUT2D eigenvalue weighted by atomic mass is 16.5. The summed E-state index contributed by atoms with van der Waals surface area (Å²) < 4.78 is 6.97. The zero-order valence-electron chi connectivity index (χ0n) is 12.5. The molecule has 2 aromatic carbocycles. The fraction of sp³-hybridized carbons (Fsp3) is 0.0556.